The van der Waals surface area contributed by atoms with E-state index >= 15 is 0 Å². The molecule has 0 aliphatic carbocycles. The highest BCUT2D eigenvalue weighted by Crippen LogP contribution is 1.97. The topological polar surface area (TPSA) is 32.7 Å². The Bertz CT molecular complexity index is 195. The Hall–Kier alpha value is -0.860. The first-order valence-electron chi connectivity index (χ1n) is 4.74. The lowest BCUT2D eigenvalue weighted by Gasteiger charge is -2.11. The Morgan fingerprint density at radius 3 is 2.23 bits per heavy atom. The number of carbonyl (C=O) groups is 1. The van der Waals surface area contributed by atoms with Crippen LogP contribution in [0.25, 0.3) is 0 Å². The van der Waals surface area contributed by atoms with Gasteiger partial charge >= 0.3 is 0 Å². The van der Waals surface area contributed by atoms with Gasteiger partial charge in [0.25, 0.3) is 5.91 Å². The molecular weight excluding hydrogens is 164 g/mol. The minimum atomic E-state index is 0.0307. The standard InChI is InChI=1S/C10H20N2O/c1-6-9(10(13)12(4)5)11-7-8(2)3/h8H,6-7H2,1-5H3. The SMILES string of the molecule is CCC(=NCC(C)C)C(=O)N(C)C. The fourth-order valence-corrected chi connectivity index (χ4v) is 0.882. The van der Waals surface area contributed by atoms with Crippen LogP contribution in [0.4, 0.5) is 0 Å². The van der Waals surface area contributed by atoms with Gasteiger partial charge in [-0.1, -0.05) is 20.8 Å². The lowest BCUT2D eigenvalue weighted by Crippen LogP contribution is -2.29. The normalized spacial score (nSPS) is 12.0. The molecule has 0 aliphatic heterocycles. The molecule has 0 atom stereocenters. The van der Waals surface area contributed by atoms with Crippen LogP contribution in [0.2, 0.25) is 0 Å². The van der Waals surface area contributed by atoms with E-state index in [1.807, 2.05) is 6.92 Å². The van der Waals surface area contributed by atoms with Crippen molar-refractivity contribution in [2.24, 2.45) is 10.9 Å². The summed E-state index contributed by atoms with van der Waals surface area (Å²) in [5.74, 6) is 0.541. The Morgan fingerprint density at radius 1 is 1.38 bits per heavy atom. The predicted molar refractivity (Wildman–Crippen MR) is 56.1 cm³/mol. The molecule has 0 N–H and O–H groups in total. The molecule has 0 aliphatic rings. The molecule has 0 bridgehead atoms. The molecule has 3 nitrogen and oxygen atoms in total. The van der Waals surface area contributed by atoms with Crippen LogP contribution < -0.4 is 0 Å². The van der Waals surface area contributed by atoms with Crippen molar-refractivity contribution >= 4 is 11.6 Å². The van der Waals surface area contributed by atoms with Crippen molar-refractivity contribution in [2.75, 3.05) is 20.6 Å². The Kier molecular flexibility index (Phi) is 5.35. The van der Waals surface area contributed by atoms with Crippen LogP contribution in [0.15, 0.2) is 4.99 Å². The van der Waals surface area contributed by atoms with Crippen molar-refractivity contribution in [3.8, 4) is 0 Å². The third kappa shape index (κ3) is 4.65. The highest BCUT2D eigenvalue weighted by Gasteiger charge is 2.10. The number of amides is 1. The Morgan fingerprint density at radius 2 is 1.92 bits per heavy atom. The third-order valence-electron chi connectivity index (χ3n) is 1.64. The van der Waals surface area contributed by atoms with Crippen molar-refractivity contribution in [3.63, 3.8) is 0 Å². The van der Waals surface area contributed by atoms with E-state index in [1.54, 1.807) is 19.0 Å². The molecular formula is C10H20N2O. The number of aliphatic imine (C=N–C) groups is 1. The summed E-state index contributed by atoms with van der Waals surface area (Å²) in [5, 5.41) is 0. The molecule has 76 valence electrons. The van der Waals surface area contributed by atoms with Crippen LogP contribution in [-0.2, 0) is 4.79 Å². The van der Waals surface area contributed by atoms with Crippen molar-refractivity contribution < 1.29 is 4.79 Å². The third-order valence-corrected chi connectivity index (χ3v) is 1.64. The summed E-state index contributed by atoms with van der Waals surface area (Å²) in [6, 6.07) is 0. The zero-order chi connectivity index (χ0) is 10.4. The minimum absolute atomic E-state index is 0.0307. The van der Waals surface area contributed by atoms with Crippen molar-refractivity contribution in [2.45, 2.75) is 27.2 Å². The van der Waals surface area contributed by atoms with Gasteiger partial charge in [0, 0.05) is 20.6 Å². The van der Waals surface area contributed by atoms with Crippen LogP contribution in [-0.4, -0.2) is 37.2 Å². The first-order chi connectivity index (χ1) is 5.99. The molecule has 0 saturated carbocycles. The number of hydrogen-bond donors (Lipinski definition) is 0. The average Bonchev–Trinajstić information content (AvgIpc) is 2.04. The maximum Gasteiger partial charge on any atom is 0.267 e. The van der Waals surface area contributed by atoms with Gasteiger partial charge in [-0.15, -0.1) is 0 Å². The van der Waals surface area contributed by atoms with E-state index in [0.29, 0.717) is 18.1 Å². The predicted octanol–water partition coefficient (Wildman–Crippen LogP) is 1.58. The molecule has 0 spiro atoms. The van der Waals surface area contributed by atoms with Crippen molar-refractivity contribution in [3.05, 3.63) is 0 Å². The zero-order valence-electron chi connectivity index (χ0n) is 9.29. The molecule has 0 aromatic rings. The quantitative estimate of drug-likeness (QED) is 0.611. The van der Waals surface area contributed by atoms with Gasteiger partial charge in [0.1, 0.15) is 0 Å². The Labute approximate surface area is 80.8 Å². The van der Waals surface area contributed by atoms with E-state index in [1.165, 1.54) is 0 Å². The molecule has 0 heterocycles. The van der Waals surface area contributed by atoms with E-state index in [0.717, 1.165) is 6.54 Å². The van der Waals surface area contributed by atoms with Gasteiger partial charge in [-0.2, -0.15) is 0 Å². The molecule has 0 radical (unpaired) electrons. The molecule has 0 aromatic heterocycles. The van der Waals surface area contributed by atoms with Crippen LogP contribution in [0.5, 0.6) is 0 Å². The van der Waals surface area contributed by atoms with Gasteiger partial charge in [-0.05, 0) is 12.3 Å². The van der Waals surface area contributed by atoms with E-state index in [9.17, 15) is 4.79 Å². The van der Waals surface area contributed by atoms with Crippen molar-refractivity contribution in [1.82, 2.24) is 4.90 Å². The van der Waals surface area contributed by atoms with E-state index in [-0.39, 0.29) is 5.91 Å². The zero-order valence-corrected chi connectivity index (χ0v) is 9.29. The lowest BCUT2D eigenvalue weighted by atomic mass is 10.2. The Balaban J connectivity index is 4.32. The van der Waals surface area contributed by atoms with E-state index in [4.69, 9.17) is 0 Å². The van der Waals surface area contributed by atoms with Gasteiger partial charge in [0.05, 0.1) is 5.71 Å². The highest BCUT2D eigenvalue weighted by atomic mass is 16.2. The van der Waals surface area contributed by atoms with Crippen LogP contribution in [0.3, 0.4) is 0 Å². The van der Waals surface area contributed by atoms with Crippen LogP contribution in [0.1, 0.15) is 27.2 Å². The number of rotatable bonds is 4. The van der Waals surface area contributed by atoms with Gasteiger partial charge in [0.2, 0.25) is 0 Å². The fraction of sp³-hybridized carbons (Fsp3) is 0.800. The summed E-state index contributed by atoms with van der Waals surface area (Å²) in [6.07, 6.45) is 0.712. The maximum absolute atomic E-state index is 11.5. The van der Waals surface area contributed by atoms with Gasteiger partial charge in [-0.25, -0.2) is 0 Å². The van der Waals surface area contributed by atoms with E-state index < -0.39 is 0 Å². The number of nitrogens with zero attached hydrogens (tertiary/aromatic N) is 2. The summed E-state index contributed by atoms with van der Waals surface area (Å²) in [6.45, 7) is 6.89. The second-order valence-electron chi connectivity index (χ2n) is 3.73. The van der Waals surface area contributed by atoms with Crippen LogP contribution >= 0.6 is 0 Å². The monoisotopic (exact) mass is 184 g/mol. The molecule has 0 saturated heterocycles. The molecule has 1 amide bonds. The smallest absolute Gasteiger partial charge is 0.267 e. The minimum Gasteiger partial charge on any atom is -0.344 e. The summed E-state index contributed by atoms with van der Waals surface area (Å²) in [5.41, 5.74) is 0.679. The average molecular weight is 184 g/mol. The number of carbonyl (C=O) groups excluding carboxylic acids is 1. The maximum atomic E-state index is 11.5. The van der Waals surface area contributed by atoms with E-state index in [2.05, 4.69) is 18.8 Å². The first kappa shape index (κ1) is 12.1. The fourth-order valence-electron chi connectivity index (χ4n) is 0.882. The number of hydrogen-bond acceptors (Lipinski definition) is 2. The summed E-state index contributed by atoms with van der Waals surface area (Å²) in [4.78, 5) is 17.3. The molecule has 13 heavy (non-hydrogen) atoms. The molecule has 0 rings (SSSR count). The molecule has 0 fully saturated rings. The molecule has 0 aromatic carbocycles. The molecule has 3 heteroatoms. The summed E-state index contributed by atoms with van der Waals surface area (Å²) >= 11 is 0. The van der Waals surface area contributed by atoms with Crippen LogP contribution in [0, 0.1) is 5.92 Å². The lowest BCUT2D eigenvalue weighted by molar-refractivity contribution is -0.121. The van der Waals surface area contributed by atoms with Gasteiger partial charge in [-0.3, -0.25) is 9.79 Å². The second-order valence-corrected chi connectivity index (χ2v) is 3.73. The van der Waals surface area contributed by atoms with Gasteiger partial charge in [0.15, 0.2) is 0 Å². The molecule has 0 unspecified atom stereocenters. The summed E-state index contributed by atoms with van der Waals surface area (Å²) in [7, 11) is 3.51. The largest absolute Gasteiger partial charge is 0.344 e. The highest BCUT2D eigenvalue weighted by molar-refractivity contribution is 6.38. The van der Waals surface area contributed by atoms with Gasteiger partial charge < -0.3 is 4.90 Å². The first-order valence-corrected chi connectivity index (χ1v) is 4.74. The van der Waals surface area contributed by atoms with Crippen molar-refractivity contribution in [1.29, 1.82) is 0 Å². The summed E-state index contributed by atoms with van der Waals surface area (Å²) < 4.78 is 0. The second kappa shape index (κ2) is 5.73.